The summed E-state index contributed by atoms with van der Waals surface area (Å²) in [6, 6.07) is 6.85. The van der Waals surface area contributed by atoms with Gasteiger partial charge in [-0.2, -0.15) is 13.2 Å². The van der Waals surface area contributed by atoms with E-state index in [9.17, 15) is 18.3 Å². The van der Waals surface area contributed by atoms with Crippen LogP contribution in [-0.4, -0.2) is 10.1 Å². The Bertz CT molecular complexity index is 538. The van der Waals surface area contributed by atoms with E-state index in [2.05, 4.69) is 4.98 Å². The van der Waals surface area contributed by atoms with E-state index in [4.69, 9.17) is 0 Å². The van der Waals surface area contributed by atoms with Gasteiger partial charge in [-0.15, -0.1) is 0 Å². The van der Waals surface area contributed by atoms with E-state index in [1.807, 2.05) is 0 Å². The second kappa shape index (κ2) is 4.78. The summed E-state index contributed by atoms with van der Waals surface area (Å²) >= 11 is 0. The SMILES string of the molecule is OCc1cccc(C(F)(F)F)c1-c1cccnc1. The summed E-state index contributed by atoms with van der Waals surface area (Å²) in [5.74, 6) is 0. The summed E-state index contributed by atoms with van der Waals surface area (Å²) in [5, 5.41) is 9.18. The van der Waals surface area contributed by atoms with E-state index >= 15 is 0 Å². The number of alkyl halides is 3. The Morgan fingerprint density at radius 1 is 1.11 bits per heavy atom. The Hall–Kier alpha value is -1.88. The van der Waals surface area contributed by atoms with Gasteiger partial charge in [0.25, 0.3) is 0 Å². The fourth-order valence-corrected chi connectivity index (χ4v) is 1.82. The summed E-state index contributed by atoms with van der Waals surface area (Å²) in [7, 11) is 0. The quantitative estimate of drug-likeness (QED) is 0.891. The predicted octanol–water partition coefficient (Wildman–Crippen LogP) is 3.26. The molecule has 0 radical (unpaired) electrons. The fraction of sp³-hybridized carbons (Fsp3) is 0.154. The largest absolute Gasteiger partial charge is 0.417 e. The molecule has 5 heteroatoms. The Morgan fingerprint density at radius 3 is 2.44 bits per heavy atom. The van der Waals surface area contributed by atoms with Crippen LogP contribution in [0.2, 0.25) is 0 Å². The summed E-state index contributed by atoms with van der Waals surface area (Å²) in [6.45, 7) is -0.450. The third-order valence-electron chi connectivity index (χ3n) is 2.58. The molecule has 1 heterocycles. The normalized spacial score (nSPS) is 11.6. The van der Waals surface area contributed by atoms with Crippen LogP contribution in [0.25, 0.3) is 11.1 Å². The molecule has 1 N–H and O–H groups in total. The number of aliphatic hydroxyl groups is 1. The van der Waals surface area contributed by atoms with Crippen LogP contribution in [0.3, 0.4) is 0 Å². The van der Waals surface area contributed by atoms with Crippen molar-refractivity contribution < 1.29 is 18.3 Å². The van der Waals surface area contributed by atoms with Crippen LogP contribution in [0.15, 0.2) is 42.7 Å². The van der Waals surface area contributed by atoms with Crippen LogP contribution < -0.4 is 0 Å². The van der Waals surface area contributed by atoms with Crippen LogP contribution in [-0.2, 0) is 12.8 Å². The van der Waals surface area contributed by atoms with Crippen molar-refractivity contribution in [3.63, 3.8) is 0 Å². The van der Waals surface area contributed by atoms with Crippen LogP contribution in [0.5, 0.6) is 0 Å². The molecule has 0 saturated carbocycles. The molecule has 0 bridgehead atoms. The third-order valence-corrected chi connectivity index (χ3v) is 2.58. The molecular weight excluding hydrogens is 243 g/mol. The van der Waals surface area contributed by atoms with Gasteiger partial charge < -0.3 is 5.11 Å². The highest BCUT2D eigenvalue weighted by molar-refractivity contribution is 5.71. The van der Waals surface area contributed by atoms with Gasteiger partial charge >= 0.3 is 6.18 Å². The van der Waals surface area contributed by atoms with Gasteiger partial charge in [0.1, 0.15) is 0 Å². The Balaban J connectivity index is 2.70. The number of halogens is 3. The van der Waals surface area contributed by atoms with Crippen molar-refractivity contribution in [1.82, 2.24) is 4.98 Å². The summed E-state index contributed by atoms with van der Waals surface area (Å²) < 4.78 is 38.8. The highest BCUT2D eigenvalue weighted by Gasteiger charge is 2.34. The van der Waals surface area contributed by atoms with Gasteiger partial charge in [0.2, 0.25) is 0 Å². The first-order chi connectivity index (χ1) is 8.54. The zero-order valence-electron chi connectivity index (χ0n) is 9.28. The van der Waals surface area contributed by atoms with E-state index in [0.717, 1.165) is 6.07 Å². The van der Waals surface area contributed by atoms with Gasteiger partial charge in [0, 0.05) is 23.5 Å². The Kier molecular flexibility index (Phi) is 3.34. The fourth-order valence-electron chi connectivity index (χ4n) is 1.82. The zero-order valence-corrected chi connectivity index (χ0v) is 9.28. The van der Waals surface area contributed by atoms with Crippen LogP contribution >= 0.6 is 0 Å². The van der Waals surface area contributed by atoms with Gasteiger partial charge in [-0.3, -0.25) is 4.98 Å². The van der Waals surface area contributed by atoms with Crippen LogP contribution in [0.1, 0.15) is 11.1 Å². The number of aliphatic hydroxyl groups excluding tert-OH is 1. The van der Waals surface area contributed by atoms with Crippen molar-refractivity contribution in [2.75, 3.05) is 0 Å². The number of aromatic nitrogens is 1. The molecular formula is C13H10F3NO. The smallest absolute Gasteiger partial charge is 0.392 e. The number of rotatable bonds is 2. The Labute approximate surface area is 102 Å². The maximum atomic E-state index is 12.9. The molecule has 2 aromatic rings. The summed E-state index contributed by atoms with van der Waals surface area (Å²) in [4.78, 5) is 3.81. The highest BCUT2D eigenvalue weighted by Crippen LogP contribution is 2.38. The van der Waals surface area contributed by atoms with Crippen LogP contribution in [0.4, 0.5) is 13.2 Å². The lowest BCUT2D eigenvalue weighted by atomic mass is 9.95. The predicted molar refractivity (Wildman–Crippen MR) is 60.6 cm³/mol. The lowest BCUT2D eigenvalue weighted by Crippen LogP contribution is -2.09. The molecule has 18 heavy (non-hydrogen) atoms. The molecule has 2 rings (SSSR count). The molecule has 0 aliphatic carbocycles. The first-order valence-electron chi connectivity index (χ1n) is 5.24. The number of hydrogen-bond acceptors (Lipinski definition) is 2. The van der Waals surface area contributed by atoms with Gasteiger partial charge in [0.05, 0.1) is 12.2 Å². The van der Waals surface area contributed by atoms with Gasteiger partial charge in [0.15, 0.2) is 0 Å². The maximum absolute atomic E-state index is 12.9. The van der Waals surface area contributed by atoms with Crippen molar-refractivity contribution in [1.29, 1.82) is 0 Å². The summed E-state index contributed by atoms with van der Waals surface area (Å²) in [6.07, 6.45) is -1.63. The van der Waals surface area contributed by atoms with Crippen molar-refractivity contribution >= 4 is 0 Å². The molecule has 1 aromatic carbocycles. The second-order valence-electron chi connectivity index (χ2n) is 3.74. The lowest BCUT2D eigenvalue weighted by molar-refractivity contribution is -0.137. The van der Waals surface area contributed by atoms with Crippen molar-refractivity contribution in [2.45, 2.75) is 12.8 Å². The molecule has 0 atom stereocenters. The van der Waals surface area contributed by atoms with E-state index < -0.39 is 18.3 Å². The second-order valence-corrected chi connectivity index (χ2v) is 3.74. The topological polar surface area (TPSA) is 33.1 Å². The minimum absolute atomic E-state index is 0.0133. The molecule has 1 aromatic heterocycles. The van der Waals surface area contributed by atoms with Crippen molar-refractivity contribution in [3.05, 3.63) is 53.9 Å². The molecule has 94 valence electrons. The van der Waals surface area contributed by atoms with E-state index in [1.54, 1.807) is 6.07 Å². The van der Waals surface area contributed by atoms with Crippen molar-refractivity contribution in [2.24, 2.45) is 0 Å². The third kappa shape index (κ3) is 2.36. The molecule has 0 aliphatic rings. The summed E-state index contributed by atoms with van der Waals surface area (Å²) in [5.41, 5.74) is -0.199. The van der Waals surface area contributed by atoms with E-state index in [0.29, 0.717) is 5.56 Å². The number of nitrogens with zero attached hydrogens (tertiary/aromatic N) is 1. The highest BCUT2D eigenvalue weighted by atomic mass is 19.4. The number of hydrogen-bond donors (Lipinski definition) is 1. The van der Waals surface area contributed by atoms with Gasteiger partial charge in [-0.1, -0.05) is 18.2 Å². The molecule has 0 unspecified atom stereocenters. The first-order valence-corrected chi connectivity index (χ1v) is 5.24. The molecule has 0 spiro atoms. The average molecular weight is 253 g/mol. The number of pyridine rings is 1. The number of benzene rings is 1. The van der Waals surface area contributed by atoms with Gasteiger partial charge in [-0.05, 0) is 17.7 Å². The monoisotopic (exact) mass is 253 g/mol. The molecule has 0 saturated heterocycles. The van der Waals surface area contributed by atoms with Gasteiger partial charge in [-0.25, -0.2) is 0 Å². The molecule has 2 nitrogen and oxygen atoms in total. The molecule has 0 fully saturated rings. The lowest BCUT2D eigenvalue weighted by Gasteiger charge is -2.15. The first kappa shape index (κ1) is 12.6. The molecule has 0 amide bonds. The van der Waals surface area contributed by atoms with E-state index in [-0.39, 0.29) is 11.1 Å². The van der Waals surface area contributed by atoms with Crippen molar-refractivity contribution in [3.8, 4) is 11.1 Å². The minimum atomic E-state index is -4.46. The Morgan fingerprint density at radius 2 is 1.89 bits per heavy atom. The standard InChI is InChI=1S/C13H10F3NO/c14-13(15,16)11-5-1-3-10(8-18)12(11)9-4-2-6-17-7-9/h1-7,18H,8H2. The zero-order chi connectivity index (χ0) is 13.2. The van der Waals surface area contributed by atoms with E-state index in [1.165, 1.54) is 30.6 Å². The maximum Gasteiger partial charge on any atom is 0.417 e. The minimum Gasteiger partial charge on any atom is -0.392 e. The average Bonchev–Trinajstić information content (AvgIpc) is 2.38. The van der Waals surface area contributed by atoms with Crippen LogP contribution in [0, 0.1) is 0 Å². The molecule has 0 aliphatic heterocycles.